The number of carbonyl (C=O) groups is 1. The first-order chi connectivity index (χ1) is 14.2. The Kier molecular flexibility index (Phi) is 5.54. The minimum atomic E-state index is -0.254. The molecule has 6 nitrogen and oxygen atoms in total. The number of nitriles is 1. The summed E-state index contributed by atoms with van der Waals surface area (Å²) < 4.78 is 0. The van der Waals surface area contributed by atoms with E-state index in [1.165, 1.54) is 4.88 Å². The third-order valence-electron chi connectivity index (χ3n) is 5.13. The molecule has 1 atom stereocenters. The van der Waals surface area contributed by atoms with Gasteiger partial charge in [0.2, 0.25) is 5.91 Å². The molecule has 1 aromatic carbocycles. The van der Waals surface area contributed by atoms with Gasteiger partial charge in [-0.3, -0.25) is 4.79 Å². The molecular weight excluding hydrogens is 382 g/mol. The second-order valence-corrected chi connectivity index (χ2v) is 7.88. The van der Waals surface area contributed by atoms with Crippen LogP contribution in [0.1, 0.15) is 29.8 Å². The molecule has 29 heavy (non-hydrogen) atoms. The van der Waals surface area contributed by atoms with Gasteiger partial charge in [0.05, 0.1) is 16.1 Å². The van der Waals surface area contributed by atoms with Gasteiger partial charge in [0.15, 0.2) is 0 Å². The molecule has 0 aliphatic carbocycles. The quantitative estimate of drug-likeness (QED) is 0.703. The van der Waals surface area contributed by atoms with Gasteiger partial charge in [0.1, 0.15) is 23.6 Å². The number of carbonyl (C=O) groups excluding carboxylic acids is 1. The van der Waals surface area contributed by atoms with Crippen LogP contribution >= 0.6 is 11.3 Å². The van der Waals surface area contributed by atoms with Crippen molar-refractivity contribution in [3.05, 3.63) is 64.9 Å². The molecule has 0 unspecified atom stereocenters. The van der Waals surface area contributed by atoms with E-state index in [2.05, 4.69) is 33.5 Å². The number of aryl methyl sites for hydroxylation is 1. The van der Waals surface area contributed by atoms with Crippen molar-refractivity contribution in [2.24, 2.45) is 0 Å². The number of hydrogen-bond acceptors (Lipinski definition) is 6. The number of nitrogens with one attached hydrogen (secondary N) is 1. The first kappa shape index (κ1) is 19.1. The van der Waals surface area contributed by atoms with Gasteiger partial charge < -0.3 is 10.2 Å². The summed E-state index contributed by atoms with van der Waals surface area (Å²) in [4.78, 5) is 24.6. The van der Waals surface area contributed by atoms with Crippen molar-refractivity contribution in [2.75, 3.05) is 11.4 Å². The van der Waals surface area contributed by atoms with Crippen molar-refractivity contribution >= 4 is 23.1 Å². The average molecular weight is 404 g/mol. The Morgan fingerprint density at radius 2 is 2.14 bits per heavy atom. The zero-order valence-corrected chi connectivity index (χ0v) is 16.9. The van der Waals surface area contributed by atoms with Gasteiger partial charge in [-0.05, 0) is 43.0 Å². The number of anilines is 1. The molecule has 3 aromatic rings. The minimum Gasteiger partial charge on any atom is -0.350 e. The first-order valence-electron chi connectivity index (χ1n) is 9.56. The Balaban J connectivity index is 1.40. The van der Waals surface area contributed by atoms with Crippen LogP contribution in [0.25, 0.3) is 10.4 Å². The molecule has 1 aliphatic rings. The fraction of sp³-hybridized carbons (Fsp3) is 0.273. The number of amides is 1. The van der Waals surface area contributed by atoms with Crippen LogP contribution in [-0.4, -0.2) is 28.5 Å². The Morgan fingerprint density at radius 3 is 2.86 bits per heavy atom. The summed E-state index contributed by atoms with van der Waals surface area (Å²) in [5.41, 5.74) is 5.45. The SMILES string of the molecule is Cc1ncsc1-c1ccc(CNC(=O)[C@@H]2CCCN2c2cccc(C#N)n2)cc1. The van der Waals surface area contributed by atoms with Gasteiger partial charge in [-0.25, -0.2) is 9.97 Å². The van der Waals surface area contributed by atoms with E-state index in [-0.39, 0.29) is 11.9 Å². The van der Waals surface area contributed by atoms with Crippen molar-refractivity contribution in [3.8, 4) is 16.5 Å². The standard InChI is InChI=1S/C22H21N5OS/c1-15-21(29-14-25-15)17-9-7-16(8-10-17)13-24-22(28)19-5-3-11-27(19)20-6-2-4-18(12-23)26-20/h2,4,6-10,14,19H,3,5,11,13H2,1H3,(H,24,28)/t19-/m0/s1. The third-order valence-corrected chi connectivity index (χ3v) is 6.10. The zero-order valence-electron chi connectivity index (χ0n) is 16.1. The van der Waals surface area contributed by atoms with Crippen molar-refractivity contribution in [2.45, 2.75) is 32.4 Å². The van der Waals surface area contributed by atoms with E-state index >= 15 is 0 Å². The number of hydrogen-bond donors (Lipinski definition) is 1. The number of pyridine rings is 1. The molecule has 0 radical (unpaired) electrons. The number of aromatic nitrogens is 2. The first-order valence-corrected chi connectivity index (χ1v) is 10.4. The lowest BCUT2D eigenvalue weighted by Gasteiger charge is -2.25. The summed E-state index contributed by atoms with van der Waals surface area (Å²) in [5, 5.41) is 12.1. The van der Waals surface area contributed by atoms with Gasteiger partial charge in [-0.2, -0.15) is 5.26 Å². The van der Waals surface area contributed by atoms with E-state index in [1.807, 2.05) is 35.5 Å². The van der Waals surface area contributed by atoms with Gasteiger partial charge in [-0.1, -0.05) is 30.3 Å². The fourth-order valence-electron chi connectivity index (χ4n) is 3.62. The van der Waals surface area contributed by atoms with Crippen LogP contribution in [0, 0.1) is 18.3 Å². The molecule has 1 saturated heterocycles. The highest BCUT2D eigenvalue weighted by molar-refractivity contribution is 7.13. The predicted molar refractivity (Wildman–Crippen MR) is 113 cm³/mol. The average Bonchev–Trinajstić information content (AvgIpc) is 3.42. The predicted octanol–water partition coefficient (Wildman–Crippen LogP) is 3.67. The summed E-state index contributed by atoms with van der Waals surface area (Å²) in [5.74, 6) is 0.681. The highest BCUT2D eigenvalue weighted by Crippen LogP contribution is 2.27. The maximum absolute atomic E-state index is 12.8. The fourth-order valence-corrected chi connectivity index (χ4v) is 4.43. The summed E-state index contributed by atoms with van der Waals surface area (Å²) in [6.45, 7) is 3.26. The van der Waals surface area contributed by atoms with Crippen LogP contribution in [0.4, 0.5) is 5.82 Å². The zero-order chi connectivity index (χ0) is 20.2. The molecule has 1 aliphatic heterocycles. The molecule has 0 spiro atoms. The highest BCUT2D eigenvalue weighted by Gasteiger charge is 2.31. The van der Waals surface area contributed by atoms with Crippen molar-refractivity contribution in [1.29, 1.82) is 5.26 Å². The number of thiazole rings is 1. The molecule has 1 N–H and O–H groups in total. The van der Waals surface area contributed by atoms with Crippen LogP contribution in [0.5, 0.6) is 0 Å². The van der Waals surface area contributed by atoms with E-state index < -0.39 is 0 Å². The normalized spacial score (nSPS) is 15.9. The minimum absolute atomic E-state index is 0.00552. The summed E-state index contributed by atoms with van der Waals surface area (Å²) >= 11 is 1.63. The van der Waals surface area contributed by atoms with E-state index in [9.17, 15) is 4.79 Å². The monoisotopic (exact) mass is 403 g/mol. The molecule has 2 aromatic heterocycles. The number of benzene rings is 1. The summed E-state index contributed by atoms with van der Waals surface area (Å²) in [6, 6.07) is 15.4. The Hall–Kier alpha value is -3.24. The summed E-state index contributed by atoms with van der Waals surface area (Å²) in [7, 11) is 0. The van der Waals surface area contributed by atoms with Gasteiger partial charge in [0, 0.05) is 13.1 Å². The van der Waals surface area contributed by atoms with E-state index in [0.717, 1.165) is 36.2 Å². The molecule has 7 heteroatoms. The second-order valence-electron chi connectivity index (χ2n) is 7.03. The lowest BCUT2D eigenvalue weighted by molar-refractivity contribution is -0.122. The highest BCUT2D eigenvalue weighted by atomic mass is 32.1. The maximum Gasteiger partial charge on any atom is 0.243 e. The van der Waals surface area contributed by atoms with Crippen molar-refractivity contribution in [1.82, 2.24) is 15.3 Å². The topological polar surface area (TPSA) is 81.9 Å². The van der Waals surface area contributed by atoms with E-state index in [4.69, 9.17) is 5.26 Å². The Labute approximate surface area is 173 Å². The van der Waals surface area contributed by atoms with Crippen LogP contribution < -0.4 is 10.2 Å². The van der Waals surface area contributed by atoms with Gasteiger partial charge >= 0.3 is 0 Å². The van der Waals surface area contributed by atoms with Crippen molar-refractivity contribution < 1.29 is 4.79 Å². The Bertz CT molecular complexity index is 1050. The third kappa shape index (κ3) is 4.13. The number of nitrogens with zero attached hydrogens (tertiary/aromatic N) is 4. The maximum atomic E-state index is 12.8. The van der Waals surface area contributed by atoms with Crippen LogP contribution in [0.2, 0.25) is 0 Å². The van der Waals surface area contributed by atoms with Gasteiger partial charge in [0.25, 0.3) is 0 Å². The smallest absolute Gasteiger partial charge is 0.243 e. The lowest BCUT2D eigenvalue weighted by Crippen LogP contribution is -2.43. The van der Waals surface area contributed by atoms with Gasteiger partial charge in [-0.15, -0.1) is 11.3 Å². The largest absolute Gasteiger partial charge is 0.350 e. The molecule has 146 valence electrons. The molecule has 0 saturated carbocycles. The second kappa shape index (κ2) is 8.41. The number of rotatable bonds is 5. The molecular formula is C22H21N5OS. The molecule has 1 amide bonds. The van der Waals surface area contributed by atoms with Crippen LogP contribution in [0.3, 0.4) is 0 Å². The molecule has 3 heterocycles. The van der Waals surface area contributed by atoms with E-state index in [1.54, 1.807) is 23.5 Å². The molecule has 1 fully saturated rings. The van der Waals surface area contributed by atoms with E-state index in [0.29, 0.717) is 18.1 Å². The Morgan fingerprint density at radius 1 is 1.31 bits per heavy atom. The lowest BCUT2D eigenvalue weighted by atomic mass is 10.1. The van der Waals surface area contributed by atoms with Crippen molar-refractivity contribution in [3.63, 3.8) is 0 Å². The van der Waals surface area contributed by atoms with Crippen LogP contribution in [-0.2, 0) is 11.3 Å². The molecule has 0 bridgehead atoms. The molecule has 4 rings (SSSR count). The van der Waals surface area contributed by atoms with Crippen LogP contribution in [0.15, 0.2) is 48.0 Å². The summed E-state index contributed by atoms with van der Waals surface area (Å²) in [6.07, 6.45) is 1.72.